The van der Waals surface area contributed by atoms with Crippen molar-refractivity contribution in [3.8, 4) is 11.1 Å². The highest BCUT2D eigenvalue weighted by Gasteiger charge is 2.25. The maximum absolute atomic E-state index is 14.8. The van der Waals surface area contributed by atoms with Gasteiger partial charge in [-0.15, -0.1) is 0 Å². The van der Waals surface area contributed by atoms with E-state index < -0.39 is 28.8 Å². The zero-order chi connectivity index (χ0) is 23.1. The quantitative estimate of drug-likeness (QED) is 0.193. The third-order valence-electron chi connectivity index (χ3n) is 7.14. The third-order valence-corrected chi connectivity index (χ3v) is 7.14. The van der Waals surface area contributed by atoms with Gasteiger partial charge in [-0.25, -0.2) is 17.6 Å². The minimum Gasteiger partial charge on any atom is -0.206 e. The number of hydrogen-bond donors (Lipinski definition) is 0. The van der Waals surface area contributed by atoms with Gasteiger partial charge in [-0.1, -0.05) is 70.4 Å². The van der Waals surface area contributed by atoms with Gasteiger partial charge in [0.2, 0.25) is 0 Å². The molecule has 176 valence electrons. The van der Waals surface area contributed by atoms with Gasteiger partial charge in [0.1, 0.15) is 11.6 Å². The molecule has 0 bridgehead atoms. The first-order valence-corrected chi connectivity index (χ1v) is 12.4. The Hall–Kier alpha value is -1.84. The molecule has 0 N–H and O–H groups in total. The highest BCUT2D eigenvalue weighted by Crippen LogP contribution is 2.39. The summed E-state index contributed by atoms with van der Waals surface area (Å²) in [7, 11) is 0. The molecule has 4 heteroatoms. The van der Waals surface area contributed by atoms with Crippen molar-refractivity contribution >= 4 is 0 Å². The Balaban J connectivity index is 1.54. The van der Waals surface area contributed by atoms with E-state index in [9.17, 15) is 17.6 Å². The Morgan fingerprint density at radius 1 is 0.750 bits per heavy atom. The van der Waals surface area contributed by atoms with E-state index in [1.807, 2.05) is 0 Å². The van der Waals surface area contributed by atoms with Gasteiger partial charge in [-0.2, -0.15) is 0 Å². The Morgan fingerprint density at radius 3 is 2.06 bits per heavy atom. The number of benzene rings is 2. The summed E-state index contributed by atoms with van der Waals surface area (Å²) in [5, 5.41) is 0. The average Bonchev–Trinajstić information content (AvgIpc) is 2.78. The first kappa shape index (κ1) is 24.8. The van der Waals surface area contributed by atoms with Crippen LogP contribution in [0.15, 0.2) is 24.3 Å². The second-order valence-electron chi connectivity index (χ2n) is 9.55. The number of rotatable bonds is 10. The Labute approximate surface area is 190 Å². The highest BCUT2D eigenvalue weighted by molar-refractivity contribution is 5.66. The molecule has 0 aromatic heterocycles. The van der Waals surface area contributed by atoms with Crippen LogP contribution in [0.25, 0.3) is 11.1 Å². The van der Waals surface area contributed by atoms with E-state index in [1.54, 1.807) is 6.07 Å². The summed E-state index contributed by atoms with van der Waals surface area (Å²) in [4.78, 5) is 0. The fraction of sp³-hybridized carbons (Fsp3) is 0.571. The molecule has 0 unspecified atom stereocenters. The van der Waals surface area contributed by atoms with Gasteiger partial charge in [0.05, 0.1) is 5.56 Å². The predicted octanol–water partition coefficient (Wildman–Crippen LogP) is 9.63. The van der Waals surface area contributed by atoms with Crippen molar-refractivity contribution in [3.63, 3.8) is 0 Å². The van der Waals surface area contributed by atoms with Gasteiger partial charge in [-0.3, -0.25) is 0 Å². The van der Waals surface area contributed by atoms with Crippen LogP contribution >= 0.6 is 0 Å². The summed E-state index contributed by atoms with van der Waals surface area (Å²) in [5.74, 6) is -3.09. The maximum atomic E-state index is 14.8. The van der Waals surface area contributed by atoms with Gasteiger partial charge >= 0.3 is 0 Å². The summed E-state index contributed by atoms with van der Waals surface area (Å²) in [5.41, 5.74) is -0.117. The molecule has 32 heavy (non-hydrogen) atoms. The fourth-order valence-corrected chi connectivity index (χ4v) is 5.12. The summed E-state index contributed by atoms with van der Waals surface area (Å²) in [6.45, 7) is 3.53. The number of unbranched alkanes of at least 4 members (excludes halogenated alkanes) is 6. The third kappa shape index (κ3) is 6.14. The molecular weight excluding hydrogens is 412 g/mol. The highest BCUT2D eigenvalue weighted by atomic mass is 19.2. The van der Waals surface area contributed by atoms with Crippen LogP contribution in [0.5, 0.6) is 0 Å². The van der Waals surface area contributed by atoms with Crippen molar-refractivity contribution in [2.75, 3.05) is 0 Å². The molecule has 0 aliphatic heterocycles. The lowest BCUT2D eigenvalue weighted by Gasteiger charge is -2.29. The number of halogens is 4. The molecule has 2 aromatic rings. The number of aryl methyl sites for hydroxylation is 1. The first-order valence-electron chi connectivity index (χ1n) is 12.4. The molecule has 0 spiro atoms. The minimum atomic E-state index is -1.33. The Morgan fingerprint density at radius 2 is 1.41 bits per heavy atom. The van der Waals surface area contributed by atoms with E-state index in [4.69, 9.17) is 0 Å². The molecule has 0 nitrogen and oxygen atoms in total. The standard InChI is InChI=1S/C28H36F4/c1-3-4-5-6-7-8-9-10-20-11-13-21(14-12-20)22-15-16-23(24(29)18-22)26-25(30)17-19(2)27(31)28(26)32/h15-18,20-21H,3-14H2,1-2H3. The second-order valence-corrected chi connectivity index (χ2v) is 9.55. The maximum Gasteiger partial charge on any atom is 0.169 e. The molecule has 1 aliphatic carbocycles. The fourth-order valence-electron chi connectivity index (χ4n) is 5.12. The molecule has 2 aromatic carbocycles. The largest absolute Gasteiger partial charge is 0.206 e. The molecular formula is C28H36F4. The smallest absolute Gasteiger partial charge is 0.169 e. The lowest BCUT2D eigenvalue weighted by atomic mass is 9.77. The first-order chi connectivity index (χ1) is 15.4. The topological polar surface area (TPSA) is 0 Å². The van der Waals surface area contributed by atoms with Crippen LogP contribution in [0, 0.1) is 36.1 Å². The van der Waals surface area contributed by atoms with Gasteiger partial charge in [-0.05, 0) is 67.7 Å². The van der Waals surface area contributed by atoms with Crippen LogP contribution < -0.4 is 0 Å². The summed E-state index contributed by atoms with van der Waals surface area (Å²) in [6.07, 6.45) is 14.9. The van der Waals surface area contributed by atoms with Crippen molar-refractivity contribution in [1.29, 1.82) is 0 Å². The Kier molecular flexibility index (Phi) is 9.19. The van der Waals surface area contributed by atoms with Gasteiger partial charge in [0.15, 0.2) is 11.6 Å². The summed E-state index contributed by atoms with van der Waals surface area (Å²) < 4.78 is 57.3. The number of hydrogen-bond acceptors (Lipinski definition) is 0. The van der Waals surface area contributed by atoms with E-state index in [0.29, 0.717) is 0 Å². The molecule has 0 amide bonds. The van der Waals surface area contributed by atoms with Crippen LogP contribution in [-0.2, 0) is 0 Å². The molecule has 1 saturated carbocycles. The average molecular weight is 449 g/mol. The lowest BCUT2D eigenvalue weighted by molar-refractivity contribution is 0.301. The lowest BCUT2D eigenvalue weighted by Crippen LogP contribution is -2.13. The van der Waals surface area contributed by atoms with Crippen LogP contribution in [0.4, 0.5) is 17.6 Å². The van der Waals surface area contributed by atoms with Gasteiger partial charge < -0.3 is 0 Å². The Bertz CT molecular complexity index is 881. The van der Waals surface area contributed by atoms with Crippen LogP contribution in [0.3, 0.4) is 0 Å². The van der Waals surface area contributed by atoms with Crippen molar-refractivity contribution in [3.05, 3.63) is 58.7 Å². The van der Waals surface area contributed by atoms with Crippen LogP contribution in [-0.4, -0.2) is 0 Å². The molecule has 0 atom stereocenters. The zero-order valence-electron chi connectivity index (χ0n) is 19.5. The molecule has 1 fully saturated rings. The van der Waals surface area contributed by atoms with Crippen molar-refractivity contribution in [2.24, 2.45) is 5.92 Å². The zero-order valence-corrected chi connectivity index (χ0v) is 19.5. The van der Waals surface area contributed by atoms with E-state index in [0.717, 1.165) is 43.2 Å². The van der Waals surface area contributed by atoms with Crippen molar-refractivity contribution in [1.82, 2.24) is 0 Å². The summed E-state index contributed by atoms with van der Waals surface area (Å²) >= 11 is 0. The van der Waals surface area contributed by atoms with E-state index in [2.05, 4.69) is 6.92 Å². The monoisotopic (exact) mass is 448 g/mol. The van der Waals surface area contributed by atoms with E-state index in [1.165, 1.54) is 70.4 Å². The normalized spacial score (nSPS) is 18.8. The van der Waals surface area contributed by atoms with Crippen molar-refractivity contribution in [2.45, 2.75) is 96.8 Å². The summed E-state index contributed by atoms with van der Waals surface area (Å²) in [6, 6.07) is 5.43. The minimum absolute atomic E-state index is 0.131. The van der Waals surface area contributed by atoms with E-state index >= 15 is 0 Å². The molecule has 0 saturated heterocycles. The second kappa shape index (κ2) is 11.9. The predicted molar refractivity (Wildman–Crippen MR) is 124 cm³/mol. The van der Waals surface area contributed by atoms with Crippen LogP contribution in [0.1, 0.15) is 101 Å². The van der Waals surface area contributed by atoms with E-state index in [-0.39, 0.29) is 17.0 Å². The molecule has 1 aliphatic rings. The van der Waals surface area contributed by atoms with Crippen molar-refractivity contribution < 1.29 is 17.6 Å². The molecule has 0 radical (unpaired) electrons. The van der Waals surface area contributed by atoms with Crippen LogP contribution in [0.2, 0.25) is 0 Å². The molecule has 0 heterocycles. The SMILES string of the molecule is CCCCCCCCCC1CCC(c2ccc(-c3c(F)cc(C)c(F)c3F)c(F)c2)CC1. The van der Waals surface area contributed by atoms with Gasteiger partial charge in [0, 0.05) is 5.56 Å². The molecule has 3 rings (SSSR count). The van der Waals surface area contributed by atoms with Gasteiger partial charge in [0.25, 0.3) is 0 Å².